The molecular formula is C9H15N5O3. The van der Waals surface area contributed by atoms with Crippen molar-refractivity contribution >= 4 is 11.9 Å². The number of hydrogen-bond acceptors (Lipinski definition) is 5. The SMILES string of the molecule is CC(=O)NC(CNCCn1ccnn1)C(=O)O. The third-order valence-corrected chi connectivity index (χ3v) is 2.01. The van der Waals surface area contributed by atoms with E-state index in [1.54, 1.807) is 17.1 Å². The van der Waals surface area contributed by atoms with Gasteiger partial charge in [0, 0.05) is 26.2 Å². The molecular weight excluding hydrogens is 226 g/mol. The van der Waals surface area contributed by atoms with E-state index in [1.807, 2.05) is 0 Å². The van der Waals surface area contributed by atoms with E-state index >= 15 is 0 Å². The normalized spacial score (nSPS) is 12.1. The van der Waals surface area contributed by atoms with Gasteiger partial charge in [0.15, 0.2) is 0 Å². The number of carbonyl (C=O) groups excluding carboxylic acids is 1. The zero-order valence-electron chi connectivity index (χ0n) is 9.46. The van der Waals surface area contributed by atoms with Gasteiger partial charge in [0.05, 0.1) is 12.7 Å². The minimum atomic E-state index is -1.06. The summed E-state index contributed by atoms with van der Waals surface area (Å²) in [5.41, 5.74) is 0. The van der Waals surface area contributed by atoms with Gasteiger partial charge in [0.25, 0.3) is 0 Å². The number of aliphatic carboxylic acids is 1. The quantitative estimate of drug-likeness (QED) is 0.499. The van der Waals surface area contributed by atoms with Gasteiger partial charge in [0.1, 0.15) is 6.04 Å². The maximum Gasteiger partial charge on any atom is 0.327 e. The first-order valence-corrected chi connectivity index (χ1v) is 5.14. The van der Waals surface area contributed by atoms with Gasteiger partial charge < -0.3 is 15.7 Å². The fourth-order valence-electron chi connectivity index (χ4n) is 1.24. The lowest BCUT2D eigenvalue weighted by Crippen LogP contribution is -2.46. The number of nitrogens with zero attached hydrogens (tertiary/aromatic N) is 3. The van der Waals surface area contributed by atoms with Crippen molar-refractivity contribution in [2.24, 2.45) is 0 Å². The summed E-state index contributed by atoms with van der Waals surface area (Å²) in [6.07, 6.45) is 3.28. The molecule has 0 radical (unpaired) electrons. The van der Waals surface area contributed by atoms with Crippen LogP contribution < -0.4 is 10.6 Å². The van der Waals surface area contributed by atoms with Crippen LogP contribution in [0.4, 0.5) is 0 Å². The number of nitrogens with one attached hydrogen (secondary N) is 2. The molecule has 8 nitrogen and oxygen atoms in total. The second-order valence-electron chi connectivity index (χ2n) is 3.46. The van der Waals surface area contributed by atoms with Crippen LogP contribution in [0, 0.1) is 0 Å². The molecule has 1 rings (SSSR count). The highest BCUT2D eigenvalue weighted by Gasteiger charge is 2.17. The van der Waals surface area contributed by atoms with Crippen molar-refractivity contribution in [3.8, 4) is 0 Å². The zero-order valence-corrected chi connectivity index (χ0v) is 9.46. The van der Waals surface area contributed by atoms with Gasteiger partial charge in [-0.25, -0.2) is 4.79 Å². The molecule has 0 fully saturated rings. The Hall–Kier alpha value is -1.96. The number of amides is 1. The standard InChI is InChI=1S/C9H15N5O3/c1-7(15)12-8(9(16)17)6-10-2-4-14-5-3-11-13-14/h3,5,8,10H,2,4,6H2,1H3,(H,12,15)(H,16,17). The van der Waals surface area contributed by atoms with Crippen molar-refractivity contribution < 1.29 is 14.7 Å². The molecule has 8 heteroatoms. The van der Waals surface area contributed by atoms with Gasteiger partial charge in [0.2, 0.25) is 5.91 Å². The Labute approximate surface area is 98.0 Å². The fourth-order valence-corrected chi connectivity index (χ4v) is 1.24. The predicted octanol–water partition coefficient (Wildman–Crippen LogP) is -1.54. The number of rotatable bonds is 7. The molecule has 0 spiro atoms. The Morgan fingerprint density at radius 3 is 2.82 bits per heavy atom. The number of carboxylic acids is 1. The number of carbonyl (C=O) groups is 2. The molecule has 0 bridgehead atoms. The van der Waals surface area contributed by atoms with Crippen LogP contribution in [0.15, 0.2) is 12.4 Å². The molecule has 0 aliphatic heterocycles. The zero-order chi connectivity index (χ0) is 12.7. The first kappa shape index (κ1) is 13.1. The second-order valence-corrected chi connectivity index (χ2v) is 3.46. The van der Waals surface area contributed by atoms with Gasteiger partial charge in [-0.1, -0.05) is 5.21 Å². The van der Waals surface area contributed by atoms with E-state index in [9.17, 15) is 9.59 Å². The Morgan fingerprint density at radius 1 is 1.53 bits per heavy atom. The van der Waals surface area contributed by atoms with E-state index in [1.165, 1.54) is 6.92 Å². The van der Waals surface area contributed by atoms with Crippen LogP contribution in [0.25, 0.3) is 0 Å². The van der Waals surface area contributed by atoms with E-state index < -0.39 is 12.0 Å². The van der Waals surface area contributed by atoms with Crippen molar-refractivity contribution in [2.75, 3.05) is 13.1 Å². The molecule has 0 aliphatic carbocycles. The average molecular weight is 241 g/mol. The van der Waals surface area contributed by atoms with Crippen LogP contribution in [-0.4, -0.2) is 51.1 Å². The topological polar surface area (TPSA) is 109 Å². The lowest BCUT2D eigenvalue weighted by atomic mass is 10.3. The van der Waals surface area contributed by atoms with Crippen LogP contribution in [0.2, 0.25) is 0 Å². The minimum Gasteiger partial charge on any atom is -0.480 e. The highest BCUT2D eigenvalue weighted by atomic mass is 16.4. The van der Waals surface area contributed by atoms with Gasteiger partial charge in [-0.15, -0.1) is 5.10 Å². The first-order valence-electron chi connectivity index (χ1n) is 5.14. The summed E-state index contributed by atoms with van der Waals surface area (Å²) in [7, 11) is 0. The molecule has 1 aromatic heterocycles. The highest BCUT2D eigenvalue weighted by Crippen LogP contribution is 1.84. The summed E-state index contributed by atoms with van der Waals surface area (Å²) in [4.78, 5) is 21.5. The van der Waals surface area contributed by atoms with Crippen LogP contribution >= 0.6 is 0 Å². The molecule has 1 unspecified atom stereocenters. The molecule has 1 amide bonds. The van der Waals surface area contributed by atoms with E-state index in [-0.39, 0.29) is 12.5 Å². The van der Waals surface area contributed by atoms with Crippen molar-refractivity contribution in [3.63, 3.8) is 0 Å². The van der Waals surface area contributed by atoms with E-state index in [2.05, 4.69) is 20.9 Å². The van der Waals surface area contributed by atoms with Gasteiger partial charge in [-0.05, 0) is 0 Å². The van der Waals surface area contributed by atoms with Crippen LogP contribution in [-0.2, 0) is 16.1 Å². The maximum atomic E-state index is 10.8. The van der Waals surface area contributed by atoms with Gasteiger partial charge >= 0.3 is 5.97 Å². The predicted molar refractivity (Wildman–Crippen MR) is 58.1 cm³/mol. The third kappa shape index (κ3) is 5.07. The van der Waals surface area contributed by atoms with Crippen molar-refractivity contribution in [2.45, 2.75) is 19.5 Å². The maximum absolute atomic E-state index is 10.8. The molecule has 1 aromatic rings. The molecule has 0 saturated carbocycles. The summed E-state index contributed by atoms with van der Waals surface area (Å²) in [5, 5.41) is 21.5. The molecule has 1 heterocycles. The highest BCUT2D eigenvalue weighted by molar-refractivity contribution is 5.82. The van der Waals surface area contributed by atoms with Crippen LogP contribution in [0.5, 0.6) is 0 Å². The van der Waals surface area contributed by atoms with E-state index in [0.29, 0.717) is 13.1 Å². The fraction of sp³-hybridized carbons (Fsp3) is 0.556. The third-order valence-electron chi connectivity index (χ3n) is 2.01. The Morgan fingerprint density at radius 2 is 2.29 bits per heavy atom. The molecule has 1 atom stereocenters. The van der Waals surface area contributed by atoms with E-state index in [0.717, 1.165) is 0 Å². The Kier molecular flexibility index (Phi) is 5.08. The van der Waals surface area contributed by atoms with Gasteiger partial charge in [-0.2, -0.15) is 0 Å². The summed E-state index contributed by atoms with van der Waals surface area (Å²) in [6.45, 7) is 2.59. The Bertz CT molecular complexity index is 365. The lowest BCUT2D eigenvalue weighted by molar-refractivity contribution is -0.141. The monoisotopic (exact) mass is 241 g/mol. The molecule has 0 aromatic carbocycles. The lowest BCUT2D eigenvalue weighted by Gasteiger charge is -2.13. The molecule has 0 saturated heterocycles. The van der Waals surface area contributed by atoms with Crippen molar-refractivity contribution in [1.82, 2.24) is 25.6 Å². The number of carboxylic acid groups (broad SMARTS) is 1. The van der Waals surface area contributed by atoms with Crippen LogP contribution in [0.1, 0.15) is 6.92 Å². The first-order chi connectivity index (χ1) is 8.09. The van der Waals surface area contributed by atoms with Crippen LogP contribution in [0.3, 0.4) is 0 Å². The summed E-state index contributed by atoms with van der Waals surface area (Å²) in [6, 6.07) is -0.914. The number of hydrogen-bond donors (Lipinski definition) is 3. The summed E-state index contributed by atoms with van der Waals surface area (Å²) in [5.74, 6) is -1.43. The summed E-state index contributed by atoms with van der Waals surface area (Å²) < 4.78 is 1.63. The molecule has 17 heavy (non-hydrogen) atoms. The molecule has 94 valence electrons. The van der Waals surface area contributed by atoms with Crippen molar-refractivity contribution in [1.29, 1.82) is 0 Å². The van der Waals surface area contributed by atoms with Gasteiger partial charge in [-0.3, -0.25) is 9.48 Å². The Balaban J connectivity index is 2.23. The minimum absolute atomic E-state index is 0.170. The largest absolute Gasteiger partial charge is 0.480 e. The van der Waals surface area contributed by atoms with E-state index in [4.69, 9.17) is 5.11 Å². The average Bonchev–Trinajstić information content (AvgIpc) is 2.74. The molecule has 3 N–H and O–H groups in total. The smallest absolute Gasteiger partial charge is 0.327 e. The van der Waals surface area contributed by atoms with Crippen molar-refractivity contribution in [3.05, 3.63) is 12.4 Å². The molecule has 0 aliphatic rings. The summed E-state index contributed by atoms with van der Waals surface area (Å²) >= 11 is 0. The second kappa shape index (κ2) is 6.59. The number of aromatic nitrogens is 3.